The maximum Gasteiger partial charge on any atom is 0.193 e. The van der Waals surface area contributed by atoms with Crippen LogP contribution in [0.25, 0.3) is 0 Å². The van der Waals surface area contributed by atoms with Gasteiger partial charge in [0.15, 0.2) is 5.96 Å². The number of rotatable bonds is 7. The number of piperidine rings is 1. The van der Waals surface area contributed by atoms with Gasteiger partial charge in [-0.2, -0.15) is 0 Å². The Morgan fingerprint density at radius 1 is 1.29 bits per heavy atom. The fourth-order valence-corrected chi connectivity index (χ4v) is 3.74. The monoisotopic (exact) mass is 499 g/mol. The predicted octanol–water partition coefficient (Wildman–Crippen LogP) is 3.33. The fourth-order valence-electron chi connectivity index (χ4n) is 3.74. The highest BCUT2D eigenvalue weighted by Crippen LogP contribution is 2.27. The lowest BCUT2D eigenvalue weighted by Gasteiger charge is -2.39. The molecule has 2 aromatic heterocycles. The first-order valence-electron chi connectivity index (χ1n) is 10.2. The van der Waals surface area contributed by atoms with E-state index >= 15 is 0 Å². The van der Waals surface area contributed by atoms with Gasteiger partial charge < -0.3 is 19.4 Å². The first-order chi connectivity index (χ1) is 13.2. The Morgan fingerprint density at radius 3 is 2.82 bits per heavy atom. The van der Waals surface area contributed by atoms with Crippen LogP contribution in [0.4, 0.5) is 0 Å². The molecule has 1 aliphatic rings. The van der Waals surface area contributed by atoms with Crippen molar-refractivity contribution in [3.63, 3.8) is 0 Å². The fraction of sp³-hybridized carbons (Fsp3) is 0.650. The molecule has 8 heteroatoms. The van der Waals surface area contributed by atoms with Crippen molar-refractivity contribution in [2.75, 3.05) is 26.2 Å². The molecule has 0 saturated carbocycles. The van der Waals surface area contributed by atoms with E-state index in [0.29, 0.717) is 12.0 Å². The van der Waals surface area contributed by atoms with Gasteiger partial charge >= 0.3 is 0 Å². The van der Waals surface area contributed by atoms with Crippen molar-refractivity contribution >= 4 is 29.9 Å². The molecule has 1 fully saturated rings. The minimum absolute atomic E-state index is 0. The summed E-state index contributed by atoms with van der Waals surface area (Å²) in [5.74, 6) is 2.78. The van der Waals surface area contributed by atoms with Crippen LogP contribution in [0, 0.1) is 12.8 Å². The summed E-state index contributed by atoms with van der Waals surface area (Å²) in [5, 5.41) is 3.48. The number of unbranched alkanes of at least 4 members (excludes halogenated alkanes) is 1. The SMILES string of the molecule is CCNC(=NCCCCn1ccnc1C)N1CCC(C)C(n2ccnc2)C1.I. The van der Waals surface area contributed by atoms with Gasteiger partial charge in [-0.25, -0.2) is 9.97 Å². The van der Waals surface area contributed by atoms with Crippen LogP contribution in [0.15, 0.2) is 36.1 Å². The van der Waals surface area contributed by atoms with Crippen LogP contribution in [0.2, 0.25) is 0 Å². The molecule has 2 atom stereocenters. The zero-order valence-electron chi connectivity index (χ0n) is 17.3. The summed E-state index contributed by atoms with van der Waals surface area (Å²) in [5.41, 5.74) is 0. The van der Waals surface area contributed by atoms with Gasteiger partial charge in [-0.05, 0) is 39.0 Å². The molecule has 3 rings (SSSR count). The maximum atomic E-state index is 4.90. The number of aryl methyl sites for hydroxylation is 2. The molecule has 0 radical (unpaired) electrons. The Kier molecular flexibility index (Phi) is 9.27. The molecule has 2 aromatic rings. The highest BCUT2D eigenvalue weighted by atomic mass is 127. The zero-order valence-corrected chi connectivity index (χ0v) is 19.6. The number of nitrogens with one attached hydrogen (secondary N) is 1. The summed E-state index contributed by atoms with van der Waals surface area (Å²) in [6.07, 6.45) is 13.2. The van der Waals surface area contributed by atoms with Crippen molar-refractivity contribution < 1.29 is 0 Å². The lowest BCUT2D eigenvalue weighted by atomic mass is 9.93. The smallest absolute Gasteiger partial charge is 0.193 e. The van der Waals surface area contributed by atoms with E-state index in [-0.39, 0.29) is 24.0 Å². The highest BCUT2D eigenvalue weighted by Gasteiger charge is 2.28. The number of likely N-dealkylation sites (tertiary alicyclic amines) is 1. The van der Waals surface area contributed by atoms with Crippen molar-refractivity contribution in [2.24, 2.45) is 10.9 Å². The van der Waals surface area contributed by atoms with Crippen LogP contribution in [0.5, 0.6) is 0 Å². The number of guanidine groups is 1. The molecule has 1 aliphatic heterocycles. The average molecular weight is 499 g/mol. The number of halogens is 1. The lowest BCUT2D eigenvalue weighted by molar-refractivity contribution is 0.189. The van der Waals surface area contributed by atoms with E-state index in [0.717, 1.165) is 57.3 Å². The Hall–Kier alpha value is -1.58. The van der Waals surface area contributed by atoms with Gasteiger partial charge in [0.05, 0.1) is 12.4 Å². The number of nitrogens with zero attached hydrogens (tertiary/aromatic N) is 6. The largest absolute Gasteiger partial charge is 0.357 e. The summed E-state index contributed by atoms with van der Waals surface area (Å²) in [6, 6.07) is 0.453. The number of hydrogen-bond donors (Lipinski definition) is 1. The van der Waals surface area contributed by atoms with Crippen LogP contribution in [-0.2, 0) is 6.54 Å². The first-order valence-corrected chi connectivity index (χ1v) is 10.2. The number of imidazole rings is 2. The standard InChI is InChI=1S/C20H33N7.HI/c1-4-22-20(24-8-5-6-11-25-14-10-23-18(25)3)26-12-7-17(2)19(15-26)27-13-9-21-16-27;/h9-10,13-14,16-17,19H,4-8,11-12,15H2,1-3H3,(H,22,24);1H. The van der Waals surface area contributed by atoms with Crippen LogP contribution in [0.3, 0.4) is 0 Å². The molecule has 0 bridgehead atoms. The van der Waals surface area contributed by atoms with Gasteiger partial charge in [0, 0.05) is 57.5 Å². The van der Waals surface area contributed by atoms with Crippen molar-refractivity contribution in [2.45, 2.75) is 52.6 Å². The third-order valence-corrected chi connectivity index (χ3v) is 5.45. The highest BCUT2D eigenvalue weighted by molar-refractivity contribution is 14.0. The zero-order chi connectivity index (χ0) is 19.1. The quantitative estimate of drug-likeness (QED) is 0.275. The second-order valence-corrected chi connectivity index (χ2v) is 7.40. The summed E-state index contributed by atoms with van der Waals surface area (Å²) < 4.78 is 4.45. The van der Waals surface area contributed by atoms with Gasteiger partial charge in [-0.1, -0.05) is 6.92 Å². The first kappa shape index (κ1) is 22.7. The number of aliphatic imine (C=N–C) groups is 1. The second kappa shape index (κ2) is 11.4. The van der Waals surface area contributed by atoms with Crippen LogP contribution >= 0.6 is 24.0 Å². The predicted molar refractivity (Wildman–Crippen MR) is 124 cm³/mol. The molecule has 28 heavy (non-hydrogen) atoms. The Labute approximate surface area is 185 Å². The molecule has 0 aromatic carbocycles. The third-order valence-electron chi connectivity index (χ3n) is 5.45. The van der Waals surface area contributed by atoms with E-state index < -0.39 is 0 Å². The van der Waals surface area contributed by atoms with Gasteiger partial charge in [0.2, 0.25) is 0 Å². The number of aromatic nitrogens is 4. The molecule has 1 saturated heterocycles. The number of hydrogen-bond acceptors (Lipinski definition) is 3. The van der Waals surface area contributed by atoms with Crippen LogP contribution in [0.1, 0.15) is 45.0 Å². The van der Waals surface area contributed by atoms with Crippen molar-refractivity contribution in [1.29, 1.82) is 0 Å². The molecule has 0 spiro atoms. The molecule has 0 amide bonds. The van der Waals surface area contributed by atoms with E-state index in [4.69, 9.17) is 4.99 Å². The minimum Gasteiger partial charge on any atom is -0.357 e. The molecule has 0 aliphatic carbocycles. The van der Waals surface area contributed by atoms with Gasteiger partial charge in [-0.15, -0.1) is 24.0 Å². The van der Waals surface area contributed by atoms with E-state index in [1.807, 2.05) is 24.9 Å². The normalized spacial score (nSPS) is 20.1. The van der Waals surface area contributed by atoms with E-state index in [1.165, 1.54) is 6.42 Å². The third kappa shape index (κ3) is 5.96. The van der Waals surface area contributed by atoms with Gasteiger partial charge in [0.25, 0.3) is 0 Å². The minimum atomic E-state index is 0. The van der Waals surface area contributed by atoms with Crippen molar-refractivity contribution in [3.8, 4) is 0 Å². The maximum absolute atomic E-state index is 4.90. The van der Waals surface area contributed by atoms with E-state index in [9.17, 15) is 0 Å². The lowest BCUT2D eigenvalue weighted by Crippen LogP contribution is -2.49. The van der Waals surface area contributed by atoms with Gasteiger partial charge in [-0.3, -0.25) is 4.99 Å². The van der Waals surface area contributed by atoms with Gasteiger partial charge in [0.1, 0.15) is 5.82 Å². The van der Waals surface area contributed by atoms with Crippen LogP contribution < -0.4 is 5.32 Å². The Morgan fingerprint density at radius 2 is 2.14 bits per heavy atom. The summed E-state index contributed by atoms with van der Waals surface area (Å²) in [4.78, 5) is 15.8. The Bertz CT molecular complexity index is 710. The summed E-state index contributed by atoms with van der Waals surface area (Å²) in [7, 11) is 0. The molecule has 2 unspecified atom stereocenters. The van der Waals surface area contributed by atoms with E-state index in [1.54, 1.807) is 0 Å². The molecule has 156 valence electrons. The van der Waals surface area contributed by atoms with Crippen molar-refractivity contribution in [3.05, 3.63) is 36.9 Å². The molecule has 3 heterocycles. The second-order valence-electron chi connectivity index (χ2n) is 7.40. The molecule has 1 N–H and O–H groups in total. The Balaban J connectivity index is 0.00000280. The van der Waals surface area contributed by atoms with Crippen LogP contribution in [-0.4, -0.2) is 56.1 Å². The molecular formula is C20H34IN7. The van der Waals surface area contributed by atoms with E-state index in [2.05, 4.69) is 56.3 Å². The molecule has 7 nitrogen and oxygen atoms in total. The average Bonchev–Trinajstić information content (AvgIpc) is 3.33. The molecular weight excluding hydrogens is 465 g/mol. The summed E-state index contributed by atoms with van der Waals surface area (Å²) >= 11 is 0. The summed E-state index contributed by atoms with van der Waals surface area (Å²) in [6.45, 7) is 11.3. The van der Waals surface area contributed by atoms with Crippen molar-refractivity contribution in [1.82, 2.24) is 29.3 Å². The topological polar surface area (TPSA) is 63.3 Å².